The smallest absolute Gasteiger partial charge is 0.134 e. The lowest BCUT2D eigenvalue weighted by Crippen LogP contribution is -2.15. The van der Waals surface area contributed by atoms with E-state index in [0.717, 1.165) is 10.9 Å². The zero-order chi connectivity index (χ0) is 10.8. The Morgan fingerprint density at radius 1 is 1.38 bits per heavy atom. The second kappa shape index (κ2) is 5.46. The fourth-order valence-electron chi connectivity index (χ4n) is 1.47. The Hall–Kier alpha value is -0.870. The average molecular weight is 259 g/mol. The van der Waals surface area contributed by atoms with E-state index in [1.54, 1.807) is 0 Å². The van der Waals surface area contributed by atoms with Gasteiger partial charge in [-0.15, -0.1) is 12.4 Å². The Balaban J connectivity index is 0.00000128. The van der Waals surface area contributed by atoms with Crippen LogP contribution >= 0.6 is 24.0 Å². The van der Waals surface area contributed by atoms with Gasteiger partial charge in [0.05, 0.1) is 18.2 Å². The van der Waals surface area contributed by atoms with Crippen LogP contribution in [0, 0.1) is 0 Å². The molecule has 0 saturated carbocycles. The third-order valence-electron chi connectivity index (χ3n) is 2.30. The molecule has 0 spiro atoms. The first-order chi connectivity index (χ1) is 7.22. The number of fused-ring (bicyclic) bond motifs is 1. The summed E-state index contributed by atoms with van der Waals surface area (Å²) in [4.78, 5) is 4.22. The van der Waals surface area contributed by atoms with Gasteiger partial charge in [0.15, 0.2) is 0 Å². The van der Waals surface area contributed by atoms with E-state index < -0.39 is 6.04 Å². The molecule has 0 fully saturated rings. The van der Waals surface area contributed by atoms with Crippen LogP contribution in [0.4, 0.5) is 0 Å². The summed E-state index contributed by atoms with van der Waals surface area (Å²) in [6.07, 6.45) is 0. The number of nitrogens with zero attached hydrogens (tertiary/aromatic N) is 1. The molecule has 2 aromatic rings. The third kappa shape index (κ3) is 2.44. The van der Waals surface area contributed by atoms with Crippen molar-refractivity contribution in [1.82, 2.24) is 4.98 Å². The van der Waals surface area contributed by atoms with Crippen molar-refractivity contribution < 1.29 is 5.11 Å². The molecule has 0 aliphatic rings. The number of aliphatic hydroxyl groups is 1. The Bertz CT molecular complexity index is 490. The van der Waals surface area contributed by atoms with Gasteiger partial charge in [0.2, 0.25) is 0 Å². The minimum atomic E-state index is -0.477. The minimum Gasteiger partial charge on any atom is -0.394 e. The fraction of sp³-hybridized carbons (Fsp3) is 0.182. The zero-order valence-corrected chi connectivity index (χ0v) is 10.0. The lowest BCUT2D eigenvalue weighted by atomic mass is 10.1. The van der Waals surface area contributed by atoms with E-state index in [0.29, 0.717) is 10.7 Å². The van der Waals surface area contributed by atoms with Crippen LogP contribution in [0.25, 0.3) is 10.9 Å². The van der Waals surface area contributed by atoms with Crippen molar-refractivity contribution in [1.29, 1.82) is 0 Å². The number of pyridine rings is 1. The predicted molar refractivity (Wildman–Crippen MR) is 68.0 cm³/mol. The molecular weight excluding hydrogens is 247 g/mol. The number of hydrogen-bond donors (Lipinski definition) is 2. The van der Waals surface area contributed by atoms with E-state index in [1.807, 2.05) is 30.3 Å². The first-order valence-electron chi connectivity index (χ1n) is 4.64. The number of aromatic nitrogens is 1. The van der Waals surface area contributed by atoms with Crippen molar-refractivity contribution in [2.24, 2.45) is 5.73 Å². The van der Waals surface area contributed by atoms with Gasteiger partial charge in [-0.05, 0) is 12.1 Å². The largest absolute Gasteiger partial charge is 0.394 e. The van der Waals surface area contributed by atoms with Crippen LogP contribution in [0.15, 0.2) is 30.3 Å². The number of hydrogen-bond acceptors (Lipinski definition) is 3. The molecule has 0 bridgehead atoms. The lowest BCUT2D eigenvalue weighted by Gasteiger charge is -2.10. The van der Waals surface area contributed by atoms with Gasteiger partial charge in [0, 0.05) is 10.9 Å². The molecule has 2 rings (SSSR count). The molecule has 1 heterocycles. The van der Waals surface area contributed by atoms with Crippen LogP contribution in [0.2, 0.25) is 5.15 Å². The van der Waals surface area contributed by atoms with E-state index in [4.69, 9.17) is 22.4 Å². The van der Waals surface area contributed by atoms with E-state index >= 15 is 0 Å². The normalized spacial score (nSPS) is 12.2. The van der Waals surface area contributed by atoms with Crippen LogP contribution in [0.1, 0.15) is 11.6 Å². The van der Waals surface area contributed by atoms with E-state index in [9.17, 15) is 0 Å². The first-order valence-corrected chi connectivity index (χ1v) is 5.02. The third-order valence-corrected chi connectivity index (χ3v) is 2.60. The molecule has 86 valence electrons. The number of rotatable bonds is 2. The van der Waals surface area contributed by atoms with Gasteiger partial charge in [0.1, 0.15) is 5.15 Å². The molecule has 0 amide bonds. The van der Waals surface area contributed by atoms with E-state index in [-0.39, 0.29) is 19.0 Å². The van der Waals surface area contributed by atoms with E-state index in [2.05, 4.69) is 4.98 Å². The maximum absolute atomic E-state index is 8.97. The van der Waals surface area contributed by atoms with Crippen molar-refractivity contribution in [2.75, 3.05) is 6.61 Å². The van der Waals surface area contributed by atoms with Crippen LogP contribution < -0.4 is 5.73 Å². The Morgan fingerprint density at radius 2 is 2.06 bits per heavy atom. The average Bonchev–Trinajstić information content (AvgIpc) is 2.27. The maximum atomic E-state index is 8.97. The van der Waals surface area contributed by atoms with Gasteiger partial charge in [-0.25, -0.2) is 4.98 Å². The highest BCUT2D eigenvalue weighted by Crippen LogP contribution is 2.24. The molecule has 3 N–H and O–H groups in total. The molecule has 0 aliphatic heterocycles. The van der Waals surface area contributed by atoms with Crippen molar-refractivity contribution in [2.45, 2.75) is 6.04 Å². The Labute approximate surface area is 105 Å². The van der Waals surface area contributed by atoms with Gasteiger partial charge < -0.3 is 10.8 Å². The number of aliphatic hydroxyl groups excluding tert-OH is 1. The number of para-hydroxylation sites is 1. The SMILES string of the molecule is Cl.N[C@@H](CO)c1cc2ccccc2nc1Cl. The fourth-order valence-corrected chi connectivity index (χ4v) is 1.75. The summed E-state index contributed by atoms with van der Waals surface area (Å²) in [5.41, 5.74) is 7.22. The highest BCUT2D eigenvalue weighted by Gasteiger charge is 2.11. The number of benzene rings is 1. The van der Waals surface area contributed by atoms with Crippen molar-refractivity contribution >= 4 is 34.9 Å². The van der Waals surface area contributed by atoms with Crippen molar-refractivity contribution in [3.63, 3.8) is 0 Å². The molecule has 1 atom stereocenters. The zero-order valence-electron chi connectivity index (χ0n) is 8.43. The topological polar surface area (TPSA) is 59.1 Å². The van der Waals surface area contributed by atoms with Crippen LogP contribution in [0.3, 0.4) is 0 Å². The monoisotopic (exact) mass is 258 g/mol. The molecule has 3 nitrogen and oxygen atoms in total. The predicted octanol–water partition coefficient (Wildman–Crippen LogP) is 2.30. The highest BCUT2D eigenvalue weighted by molar-refractivity contribution is 6.30. The molecule has 0 aliphatic carbocycles. The molecule has 16 heavy (non-hydrogen) atoms. The molecule has 0 unspecified atom stereocenters. The number of nitrogens with two attached hydrogens (primary N) is 1. The summed E-state index contributed by atoms with van der Waals surface area (Å²) in [5, 5.41) is 10.3. The van der Waals surface area contributed by atoms with Gasteiger partial charge in [-0.2, -0.15) is 0 Å². The molecule has 5 heteroatoms. The van der Waals surface area contributed by atoms with Gasteiger partial charge in [-0.3, -0.25) is 0 Å². The number of halogens is 2. The van der Waals surface area contributed by atoms with Crippen molar-refractivity contribution in [3.05, 3.63) is 41.0 Å². The quantitative estimate of drug-likeness (QED) is 0.813. The van der Waals surface area contributed by atoms with Gasteiger partial charge >= 0.3 is 0 Å². The standard InChI is InChI=1S/C11H11ClN2O.ClH/c12-11-8(9(13)6-15)5-7-3-1-2-4-10(7)14-11;/h1-5,9,15H,6,13H2;1H/t9-;/m0./s1. The van der Waals surface area contributed by atoms with Crippen LogP contribution in [-0.2, 0) is 0 Å². The summed E-state index contributed by atoms with van der Waals surface area (Å²) in [7, 11) is 0. The summed E-state index contributed by atoms with van der Waals surface area (Å²) >= 11 is 5.97. The molecular formula is C11H12Cl2N2O. The molecule has 0 saturated heterocycles. The summed E-state index contributed by atoms with van der Waals surface area (Å²) in [5.74, 6) is 0. The highest BCUT2D eigenvalue weighted by atomic mass is 35.5. The molecule has 1 aromatic carbocycles. The lowest BCUT2D eigenvalue weighted by molar-refractivity contribution is 0.268. The Morgan fingerprint density at radius 3 is 2.75 bits per heavy atom. The van der Waals surface area contributed by atoms with E-state index in [1.165, 1.54) is 0 Å². The minimum absolute atomic E-state index is 0. The summed E-state index contributed by atoms with van der Waals surface area (Å²) < 4.78 is 0. The Kier molecular flexibility index (Phi) is 4.50. The van der Waals surface area contributed by atoms with Gasteiger partial charge in [0.25, 0.3) is 0 Å². The second-order valence-corrected chi connectivity index (χ2v) is 3.71. The summed E-state index contributed by atoms with van der Waals surface area (Å²) in [6, 6.07) is 9.03. The van der Waals surface area contributed by atoms with Crippen LogP contribution in [-0.4, -0.2) is 16.7 Å². The van der Waals surface area contributed by atoms with Crippen LogP contribution in [0.5, 0.6) is 0 Å². The summed E-state index contributed by atoms with van der Waals surface area (Å²) in [6.45, 7) is -0.139. The van der Waals surface area contributed by atoms with Gasteiger partial charge in [-0.1, -0.05) is 29.8 Å². The maximum Gasteiger partial charge on any atom is 0.134 e. The first kappa shape index (κ1) is 13.2. The van der Waals surface area contributed by atoms with Crippen molar-refractivity contribution in [3.8, 4) is 0 Å². The second-order valence-electron chi connectivity index (χ2n) is 3.35. The molecule has 0 radical (unpaired) electrons. The molecule has 1 aromatic heterocycles.